The number of hydrogen-bond acceptors (Lipinski definition) is 3. The second kappa shape index (κ2) is 6.06. The SMILES string of the molecule is Cc1cc(C(Nc2cccc(Cl)c2)C(N)=O)cc(C)c1O. The van der Waals surface area contributed by atoms with E-state index in [4.69, 9.17) is 17.3 Å². The maximum absolute atomic E-state index is 11.8. The highest BCUT2D eigenvalue weighted by Gasteiger charge is 2.19. The Balaban J connectivity index is 2.38. The van der Waals surface area contributed by atoms with Crippen molar-refractivity contribution < 1.29 is 9.90 Å². The summed E-state index contributed by atoms with van der Waals surface area (Å²) in [4.78, 5) is 11.8. The lowest BCUT2D eigenvalue weighted by atomic mass is 9.99. The van der Waals surface area contributed by atoms with E-state index in [2.05, 4.69) is 5.32 Å². The number of nitrogens with one attached hydrogen (secondary N) is 1. The van der Waals surface area contributed by atoms with Gasteiger partial charge in [-0.1, -0.05) is 17.7 Å². The van der Waals surface area contributed by atoms with Crippen LogP contribution in [0.3, 0.4) is 0 Å². The largest absolute Gasteiger partial charge is 0.507 e. The number of carbonyl (C=O) groups is 1. The van der Waals surface area contributed by atoms with Crippen LogP contribution in [-0.2, 0) is 4.79 Å². The second-order valence-corrected chi connectivity index (χ2v) is 5.43. The molecule has 0 aliphatic carbocycles. The summed E-state index contributed by atoms with van der Waals surface area (Å²) in [5, 5.41) is 13.5. The summed E-state index contributed by atoms with van der Waals surface area (Å²) >= 11 is 5.94. The predicted molar refractivity (Wildman–Crippen MR) is 84.6 cm³/mol. The van der Waals surface area contributed by atoms with E-state index in [1.54, 1.807) is 44.2 Å². The minimum absolute atomic E-state index is 0.227. The zero-order valence-corrected chi connectivity index (χ0v) is 12.6. The lowest BCUT2D eigenvalue weighted by molar-refractivity contribution is -0.118. The topological polar surface area (TPSA) is 75.3 Å². The van der Waals surface area contributed by atoms with Gasteiger partial charge in [0.2, 0.25) is 5.91 Å². The Kier molecular flexibility index (Phi) is 4.38. The summed E-state index contributed by atoms with van der Waals surface area (Å²) in [5.41, 5.74) is 8.30. The van der Waals surface area contributed by atoms with E-state index in [9.17, 15) is 9.90 Å². The van der Waals surface area contributed by atoms with Crippen molar-refractivity contribution in [2.24, 2.45) is 5.73 Å². The third-order valence-electron chi connectivity index (χ3n) is 3.27. The highest BCUT2D eigenvalue weighted by Crippen LogP contribution is 2.28. The Morgan fingerprint density at radius 2 is 1.86 bits per heavy atom. The van der Waals surface area contributed by atoms with E-state index in [0.29, 0.717) is 27.4 Å². The van der Waals surface area contributed by atoms with Crippen LogP contribution in [0.5, 0.6) is 5.75 Å². The molecule has 0 bridgehead atoms. The number of primary amides is 1. The summed E-state index contributed by atoms with van der Waals surface area (Å²) in [6.45, 7) is 3.56. The molecule has 4 N–H and O–H groups in total. The summed E-state index contributed by atoms with van der Waals surface area (Å²) in [7, 11) is 0. The van der Waals surface area contributed by atoms with Crippen molar-refractivity contribution in [3.63, 3.8) is 0 Å². The highest BCUT2D eigenvalue weighted by molar-refractivity contribution is 6.30. The third kappa shape index (κ3) is 3.47. The first-order valence-electron chi connectivity index (χ1n) is 6.50. The molecule has 2 aromatic rings. The zero-order valence-electron chi connectivity index (χ0n) is 11.9. The van der Waals surface area contributed by atoms with Crippen LogP contribution in [0.25, 0.3) is 0 Å². The van der Waals surface area contributed by atoms with Crippen molar-refractivity contribution in [3.8, 4) is 5.75 Å². The molecule has 0 aliphatic heterocycles. The van der Waals surface area contributed by atoms with Crippen molar-refractivity contribution in [1.82, 2.24) is 0 Å². The monoisotopic (exact) mass is 304 g/mol. The Hall–Kier alpha value is -2.20. The highest BCUT2D eigenvalue weighted by atomic mass is 35.5. The van der Waals surface area contributed by atoms with Crippen molar-refractivity contribution in [1.29, 1.82) is 0 Å². The van der Waals surface area contributed by atoms with Gasteiger partial charge in [-0.15, -0.1) is 0 Å². The first kappa shape index (κ1) is 15.2. The van der Waals surface area contributed by atoms with Crippen LogP contribution in [0, 0.1) is 13.8 Å². The molecule has 2 rings (SSSR count). The summed E-state index contributed by atoms with van der Waals surface area (Å²) in [5.74, 6) is -0.274. The normalized spacial score (nSPS) is 12.0. The molecule has 0 saturated carbocycles. The maximum Gasteiger partial charge on any atom is 0.244 e. The van der Waals surface area contributed by atoms with Crippen LogP contribution in [0.1, 0.15) is 22.7 Å². The van der Waals surface area contributed by atoms with E-state index in [-0.39, 0.29) is 5.75 Å². The van der Waals surface area contributed by atoms with Gasteiger partial charge < -0.3 is 16.2 Å². The number of nitrogens with two attached hydrogens (primary N) is 1. The van der Waals surface area contributed by atoms with Gasteiger partial charge in [-0.3, -0.25) is 4.79 Å². The summed E-state index contributed by atoms with van der Waals surface area (Å²) in [6, 6.07) is 9.86. The van der Waals surface area contributed by atoms with Crippen LogP contribution < -0.4 is 11.1 Å². The predicted octanol–water partition coefficient (Wildman–Crippen LogP) is 3.30. The fourth-order valence-corrected chi connectivity index (χ4v) is 2.41. The number of aryl methyl sites for hydroxylation is 2. The molecule has 0 fully saturated rings. The van der Waals surface area contributed by atoms with Gasteiger partial charge in [-0.05, 0) is 60.9 Å². The van der Waals surface area contributed by atoms with Crippen molar-refractivity contribution in [2.75, 3.05) is 5.32 Å². The molecular weight excluding hydrogens is 288 g/mol. The Morgan fingerprint density at radius 1 is 1.24 bits per heavy atom. The summed E-state index contributed by atoms with van der Waals surface area (Å²) < 4.78 is 0. The van der Waals surface area contributed by atoms with Gasteiger partial charge in [-0.25, -0.2) is 0 Å². The van der Waals surface area contributed by atoms with E-state index >= 15 is 0 Å². The molecule has 110 valence electrons. The lowest BCUT2D eigenvalue weighted by Crippen LogP contribution is -2.27. The fraction of sp³-hybridized carbons (Fsp3) is 0.188. The van der Waals surface area contributed by atoms with Crippen LogP contribution in [0.15, 0.2) is 36.4 Å². The summed E-state index contributed by atoms with van der Waals surface area (Å²) in [6.07, 6.45) is 0. The smallest absolute Gasteiger partial charge is 0.244 e. The number of carbonyl (C=O) groups excluding carboxylic acids is 1. The molecule has 0 heterocycles. The van der Waals surface area contributed by atoms with E-state index in [0.717, 1.165) is 0 Å². The number of hydrogen-bond donors (Lipinski definition) is 3. The zero-order chi connectivity index (χ0) is 15.6. The minimum Gasteiger partial charge on any atom is -0.507 e. The molecule has 1 atom stereocenters. The first-order chi connectivity index (χ1) is 9.88. The first-order valence-corrected chi connectivity index (χ1v) is 6.88. The molecule has 5 heteroatoms. The van der Waals surface area contributed by atoms with Gasteiger partial charge in [0.15, 0.2) is 0 Å². The molecule has 0 aliphatic rings. The Bertz CT molecular complexity index is 663. The quantitative estimate of drug-likeness (QED) is 0.811. The van der Waals surface area contributed by atoms with Crippen LogP contribution in [0.4, 0.5) is 5.69 Å². The lowest BCUT2D eigenvalue weighted by Gasteiger charge is -2.19. The molecule has 1 unspecified atom stereocenters. The van der Waals surface area contributed by atoms with Gasteiger partial charge >= 0.3 is 0 Å². The number of anilines is 1. The standard InChI is InChI=1S/C16H17ClN2O2/c1-9-6-11(7-10(2)15(9)20)14(16(18)21)19-13-5-3-4-12(17)8-13/h3-8,14,19-20H,1-2H3,(H2,18,21). The van der Waals surface area contributed by atoms with Gasteiger partial charge in [-0.2, -0.15) is 0 Å². The van der Waals surface area contributed by atoms with Gasteiger partial charge in [0.25, 0.3) is 0 Å². The van der Waals surface area contributed by atoms with Gasteiger partial charge in [0.1, 0.15) is 11.8 Å². The number of amides is 1. The van der Waals surface area contributed by atoms with Crippen molar-refractivity contribution in [3.05, 3.63) is 58.1 Å². The number of phenolic OH excluding ortho intramolecular Hbond substituents is 1. The molecule has 2 aromatic carbocycles. The minimum atomic E-state index is -0.693. The van der Waals surface area contributed by atoms with Crippen LogP contribution in [0.2, 0.25) is 5.02 Å². The Labute approximate surface area is 128 Å². The maximum atomic E-state index is 11.8. The second-order valence-electron chi connectivity index (χ2n) is 4.99. The molecule has 0 saturated heterocycles. The van der Waals surface area contributed by atoms with E-state index in [1.165, 1.54) is 0 Å². The average molecular weight is 305 g/mol. The Morgan fingerprint density at radius 3 is 2.38 bits per heavy atom. The number of aromatic hydroxyl groups is 1. The van der Waals surface area contributed by atoms with E-state index in [1.807, 2.05) is 6.07 Å². The van der Waals surface area contributed by atoms with Gasteiger partial charge in [0.05, 0.1) is 0 Å². The third-order valence-corrected chi connectivity index (χ3v) is 3.50. The van der Waals surface area contributed by atoms with Gasteiger partial charge in [0, 0.05) is 10.7 Å². The number of phenols is 1. The van der Waals surface area contributed by atoms with Crippen molar-refractivity contribution >= 4 is 23.2 Å². The van der Waals surface area contributed by atoms with Crippen LogP contribution in [-0.4, -0.2) is 11.0 Å². The number of halogens is 1. The number of benzene rings is 2. The molecule has 1 amide bonds. The average Bonchev–Trinajstić information content (AvgIpc) is 2.41. The fourth-order valence-electron chi connectivity index (χ4n) is 2.22. The van der Waals surface area contributed by atoms with Crippen molar-refractivity contribution in [2.45, 2.75) is 19.9 Å². The molecule has 21 heavy (non-hydrogen) atoms. The molecule has 4 nitrogen and oxygen atoms in total. The van der Waals surface area contributed by atoms with E-state index < -0.39 is 11.9 Å². The molecule has 0 spiro atoms. The molecular formula is C16H17ClN2O2. The van der Waals surface area contributed by atoms with Crippen LogP contribution >= 0.6 is 11.6 Å². The molecule has 0 aromatic heterocycles. The molecule has 0 radical (unpaired) electrons. The number of rotatable bonds is 4.